The van der Waals surface area contributed by atoms with Gasteiger partial charge in [0.05, 0.1) is 0 Å². The van der Waals surface area contributed by atoms with Crippen molar-refractivity contribution in [1.82, 2.24) is 0 Å². The van der Waals surface area contributed by atoms with E-state index in [1.807, 2.05) is 0 Å². The number of hydrogen-bond acceptors (Lipinski definition) is 7. The summed E-state index contributed by atoms with van der Waals surface area (Å²) >= 11 is 0. The van der Waals surface area contributed by atoms with Crippen LogP contribution in [-0.2, 0) is 0 Å². The van der Waals surface area contributed by atoms with Gasteiger partial charge >= 0.3 is 575 Å². The van der Waals surface area contributed by atoms with E-state index >= 15 is 0 Å². The average Bonchev–Trinajstić information content (AvgIpc) is 2.20. The SMILES string of the molecule is O=C(O)O.O=C(O)O.O=C(O)O.O=C(O)O.O=C(O)O.O=C(O)O.O=C(O)O.[NaH].[NaH].[NaH].[NaH].[NaH].[NaH].[NaH].[NaH].[NaH].[NaH].[NaH].[NaH].[NaH].[NaH].[NaH].[NaH].[NaH].[NaH]. The first-order chi connectivity index (χ1) is 12.1. The molecule has 0 radical (unpaired) electrons. The molecule has 21 nitrogen and oxygen atoms in total. The molecule has 0 heterocycles. The summed E-state index contributed by atoms with van der Waals surface area (Å²) in [5.74, 6) is 0. The van der Waals surface area contributed by atoms with Gasteiger partial charge in [-0.05, 0) is 0 Å². The van der Waals surface area contributed by atoms with Gasteiger partial charge < -0.3 is 71.5 Å². The predicted octanol–water partition coefficient (Wildman–Crippen LogP) is -10.1. The Morgan fingerprint density at radius 3 is 0.152 bits per heavy atom. The van der Waals surface area contributed by atoms with Crippen LogP contribution in [0.3, 0.4) is 0 Å². The number of carboxylic acid groups (broad SMARTS) is 14. The van der Waals surface area contributed by atoms with E-state index in [9.17, 15) is 0 Å². The van der Waals surface area contributed by atoms with Gasteiger partial charge in [-0.2, -0.15) is 0 Å². The molecular formula is C7H32Na18O21. The Morgan fingerprint density at radius 1 is 0.152 bits per heavy atom. The summed E-state index contributed by atoms with van der Waals surface area (Å²) in [5.41, 5.74) is 0. The van der Waals surface area contributed by atoms with Crippen LogP contribution in [0.25, 0.3) is 0 Å². The van der Waals surface area contributed by atoms with Gasteiger partial charge in [-0.15, -0.1) is 0 Å². The summed E-state index contributed by atoms with van der Waals surface area (Å²) in [5, 5.41) is 97.6. The van der Waals surface area contributed by atoms with E-state index in [0.29, 0.717) is 0 Å². The second-order valence-electron chi connectivity index (χ2n) is 1.98. The molecule has 0 aliphatic rings. The molecule has 0 aliphatic carbocycles. The molecule has 0 atom stereocenters. The van der Waals surface area contributed by atoms with E-state index in [1.165, 1.54) is 0 Å². The summed E-state index contributed by atoms with van der Waals surface area (Å²) in [7, 11) is 0. The predicted molar refractivity (Wildman–Crippen MR) is 203 cm³/mol. The third kappa shape index (κ3) is 1070. The monoisotopic (exact) mass is 866 g/mol. The molecule has 39 heteroatoms. The van der Waals surface area contributed by atoms with E-state index in [1.54, 1.807) is 0 Å². The molecule has 46 heavy (non-hydrogen) atoms. The molecule has 0 spiro atoms. The zero-order valence-corrected chi connectivity index (χ0v) is 12.6. The van der Waals surface area contributed by atoms with Crippen LogP contribution < -0.4 is 0 Å². The van der Waals surface area contributed by atoms with Crippen LogP contribution in [-0.4, -0.2) is 647 Å². The van der Waals surface area contributed by atoms with Crippen molar-refractivity contribution in [2.24, 2.45) is 0 Å². The second-order valence-corrected chi connectivity index (χ2v) is 1.98. The molecule has 0 aliphatic heterocycles. The minimum atomic E-state index is -1.83. The van der Waals surface area contributed by atoms with Gasteiger partial charge in [0.25, 0.3) is 0 Å². The van der Waals surface area contributed by atoms with Crippen molar-refractivity contribution in [3.05, 3.63) is 0 Å². The van der Waals surface area contributed by atoms with Crippen LogP contribution in [0.2, 0.25) is 0 Å². The molecule has 0 aromatic heterocycles. The summed E-state index contributed by atoms with van der Waals surface area (Å²) in [6, 6.07) is 0. The maximum absolute atomic E-state index is 8.56. The van der Waals surface area contributed by atoms with Gasteiger partial charge in [-0.25, -0.2) is 33.6 Å². The number of hydrogen-bond donors (Lipinski definition) is 14. The maximum atomic E-state index is 8.56. The Hall–Kier alpha value is 12.9. The van der Waals surface area contributed by atoms with Crippen molar-refractivity contribution in [2.45, 2.75) is 0 Å². The Labute approximate surface area is 661 Å². The van der Waals surface area contributed by atoms with Crippen LogP contribution >= 0.6 is 0 Å². The van der Waals surface area contributed by atoms with Crippen LogP contribution in [0.15, 0.2) is 0 Å². The minimum absolute atomic E-state index is 0. The van der Waals surface area contributed by atoms with E-state index in [2.05, 4.69) is 0 Å². The van der Waals surface area contributed by atoms with Crippen molar-refractivity contribution in [3.8, 4) is 0 Å². The van der Waals surface area contributed by atoms with E-state index in [-0.39, 0.29) is 532 Å². The molecule has 0 aromatic rings. The zero-order chi connectivity index (χ0) is 25.0. The molecule has 0 rings (SSSR count). The molecule has 0 fully saturated rings. The van der Waals surface area contributed by atoms with Crippen molar-refractivity contribution in [1.29, 1.82) is 0 Å². The summed E-state index contributed by atoms with van der Waals surface area (Å²) in [4.78, 5) is 59.9. The average molecular weight is 866 g/mol. The third-order valence-corrected chi connectivity index (χ3v) is 0. The molecule has 0 unspecified atom stereocenters. The van der Waals surface area contributed by atoms with E-state index in [4.69, 9.17) is 105 Å². The number of carbonyl (C=O) groups is 7. The van der Waals surface area contributed by atoms with Crippen LogP contribution in [0.4, 0.5) is 33.6 Å². The van der Waals surface area contributed by atoms with Crippen LogP contribution in [0.1, 0.15) is 0 Å². The van der Waals surface area contributed by atoms with Gasteiger partial charge in [0.15, 0.2) is 0 Å². The molecule has 14 N–H and O–H groups in total. The fraction of sp³-hybridized carbons (Fsp3) is 0. The molecule has 0 bridgehead atoms. The van der Waals surface area contributed by atoms with E-state index < -0.39 is 43.1 Å². The Kier molecular flexibility index (Phi) is 609. The molecule has 0 amide bonds. The Balaban J connectivity index is -0.00000000457. The fourth-order valence-electron chi connectivity index (χ4n) is 0. The van der Waals surface area contributed by atoms with Crippen molar-refractivity contribution >= 4 is 575 Å². The third-order valence-electron chi connectivity index (χ3n) is 0. The topological polar surface area (TPSA) is 403 Å². The number of rotatable bonds is 0. The van der Waals surface area contributed by atoms with Crippen molar-refractivity contribution in [2.75, 3.05) is 0 Å². The van der Waals surface area contributed by atoms with Crippen molar-refractivity contribution in [3.63, 3.8) is 0 Å². The molecular weight excluding hydrogens is 834 g/mol. The molecule has 204 valence electrons. The Morgan fingerprint density at radius 2 is 0.152 bits per heavy atom. The summed E-state index contributed by atoms with van der Waals surface area (Å²) in [6.45, 7) is 0. The summed E-state index contributed by atoms with van der Waals surface area (Å²) in [6.07, 6.45) is -12.8. The van der Waals surface area contributed by atoms with E-state index in [0.717, 1.165) is 0 Å². The van der Waals surface area contributed by atoms with Gasteiger partial charge in [-0.1, -0.05) is 0 Å². The zero-order valence-electron chi connectivity index (χ0n) is 12.6. The second kappa shape index (κ2) is 163. The first kappa shape index (κ1) is 172. The van der Waals surface area contributed by atoms with Gasteiger partial charge in [0, 0.05) is 0 Å². The quantitative estimate of drug-likeness (QED) is 0.101. The van der Waals surface area contributed by atoms with Crippen LogP contribution in [0.5, 0.6) is 0 Å². The summed E-state index contributed by atoms with van der Waals surface area (Å²) < 4.78 is 0. The molecule has 0 saturated heterocycles. The van der Waals surface area contributed by atoms with Crippen molar-refractivity contribution < 1.29 is 105 Å². The standard InChI is InChI=1S/7CH2O3.18Na.18H/c7*2-1(3)4;;;;;;;;;;;;;;;;;;;;;;;;;;;;;;;;;;;;/h7*(H2,2,3,4);;;;;;;;;;;;;;;;;;;;;;;;;;;;;;;;;;;;. The fourth-order valence-corrected chi connectivity index (χ4v) is 0. The first-order valence-electron chi connectivity index (χ1n) is 4.56. The normalized spacial score (nSPS) is 3.65. The van der Waals surface area contributed by atoms with Gasteiger partial charge in [0.2, 0.25) is 0 Å². The van der Waals surface area contributed by atoms with Gasteiger partial charge in [-0.3, -0.25) is 0 Å². The Bertz CT molecular complexity index is 346. The molecule has 0 aromatic carbocycles. The van der Waals surface area contributed by atoms with Crippen LogP contribution in [0, 0.1) is 0 Å². The van der Waals surface area contributed by atoms with Gasteiger partial charge in [0.1, 0.15) is 0 Å². The molecule has 0 saturated carbocycles. The first-order valence-corrected chi connectivity index (χ1v) is 4.56.